The van der Waals surface area contributed by atoms with E-state index in [-0.39, 0.29) is 5.56 Å². The molecule has 0 fully saturated rings. The Morgan fingerprint density at radius 1 is 1.47 bits per heavy atom. The normalized spacial score (nSPS) is 11.2. The maximum absolute atomic E-state index is 11.7. The fourth-order valence-corrected chi connectivity index (χ4v) is 1.79. The van der Waals surface area contributed by atoms with E-state index in [0.717, 1.165) is 17.9 Å². The van der Waals surface area contributed by atoms with Gasteiger partial charge in [0.05, 0.1) is 18.2 Å². The summed E-state index contributed by atoms with van der Waals surface area (Å²) in [7, 11) is 1.87. The zero-order chi connectivity index (χ0) is 13.8. The molecule has 0 unspecified atom stereocenters. The van der Waals surface area contributed by atoms with E-state index in [9.17, 15) is 4.79 Å². The quantitative estimate of drug-likeness (QED) is 0.839. The lowest BCUT2D eigenvalue weighted by atomic mass is 10.2. The molecular formula is C13H19N5O. The molecule has 0 bridgehead atoms. The topological polar surface area (TPSA) is 75.6 Å². The van der Waals surface area contributed by atoms with Gasteiger partial charge in [-0.3, -0.25) is 4.79 Å². The van der Waals surface area contributed by atoms with Gasteiger partial charge in [-0.25, -0.2) is 9.97 Å². The maximum atomic E-state index is 11.7. The molecule has 0 spiro atoms. The Bertz CT molecular complexity index is 599. The van der Waals surface area contributed by atoms with Crippen LogP contribution in [0.4, 0.5) is 0 Å². The molecule has 0 aliphatic carbocycles. The summed E-state index contributed by atoms with van der Waals surface area (Å²) in [6.07, 6.45) is 3.36. The molecule has 0 aliphatic rings. The van der Waals surface area contributed by atoms with Crippen LogP contribution in [-0.4, -0.2) is 26.1 Å². The van der Waals surface area contributed by atoms with E-state index in [2.05, 4.69) is 34.1 Å². The van der Waals surface area contributed by atoms with Crippen molar-refractivity contribution in [3.05, 3.63) is 34.6 Å². The predicted molar refractivity (Wildman–Crippen MR) is 73.6 cm³/mol. The van der Waals surface area contributed by atoms with Crippen LogP contribution in [-0.2, 0) is 13.6 Å². The van der Waals surface area contributed by atoms with Gasteiger partial charge in [0.1, 0.15) is 5.69 Å². The van der Waals surface area contributed by atoms with Crippen molar-refractivity contribution >= 4 is 0 Å². The number of H-pyrrole nitrogens is 1. The molecule has 2 aromatic rings. The van der Waals surface area contributed by atoms with E-state index in [4.69, 9.17) is 0 Å². The fourth-order valence-electron chi connectivity index (χ4n) is 1.79. The number of hydrogen-bond acceptors (Lipinski definition) is 4. The zero-order valence-electron chi connectivity index (χ0n) is 11.5. The highest BCUT2D eigenvalue weighted by Crippen LogP contribution is 2.11. The van der Waals surface area contributed by atoms with Gasteiger partial charge in [0.25, 0.3) is 5.56 Å². The third-order valence-electron chi connectivity index (χ3n) is 2.71. The first kappa shape index (κ1) is 13.5. The second kappa shape index (κ2) is 5.79. The average Bonchev–Trinajstić information content (AvgIpc) is 2.74. The van der Waals surface area contributed by atoms with Crippen LogP contribution in [0.15, 0.2) is 23.4 Å². The first-order chi connectivity index (χ1) is 9.06. The van der Waals surface area contributed by atoms with Gasteiger partial charge in [0.15, 0.2) is 5.82 Å². The van der Waals surface area contributed by atoms with E-state index < -0.39 is 0 Å². The van der Waals surface area contributed by atoms with Gasteiger partial charge >= 0.3 is 0 Å². The van der Waals surface area contributed by atoms with Crippen LogP contribution in [0.5, 0.6) is 0 Å². The second-order valence-corrected chi connectivity index (χ2v) is 5.00. The fraction of sp³-hybridized carbons (Fsp3) is 0.462. The Morgan fingerprint density at radius 2 is 2.26 bits per heavy atom. The minimum Gasteiger partial charge on any atom is -0.331 e. The summed E-state index contributed by atoms with van der Waals surface area (Å²) in [5.41, 5.74) is 1.39. The van der Waals surface area contributed by atoms with Crippen molar-refractivity contribution in [3.8, 4) is 11.5 Å². The smallest absolute Gasteiger partial charge is 0.251 e. The number of nitrogens with zero attached hydrogens (tertiary/aromatic N) is 3. The third-order valence-corrected chi connectivity index (χ3v) is 2.71. The van der Waals surface area contributed by atoms with Gasteiger partial charge in [0.2, 0.25) is 0 Å². The molecule has 6 heteroatoms. The molecule has 0 aliphatic heterocycles. The molecule has 0 radical (unpaired) electrons. The summed E-state index contributed by atoms with van der Waals surface area (Å²) in [6.45, 7) is 5.76. The molecule has 19 heavy (non-hydrogen) atoms. The van der Waals surface area contributed by atoms with Crippen molar-refractivity contribution in [1.82, 2.24) is 24.8 Å². The lowest BCUT2D eigenvalue weighted by molar-refractivity contribution is 0.548. The van der Waals surface area contributed by atoms with Crippen LogP contribution in [0.2, 0.25) is 0 Å². The van der Waals surface area contributed by atoms with Crippen molar-refractivity contribution in [2.24, 2.45) is 13.0 Å². The molecular weight excluding hydrogens is 242 g/mol. The van der Waals surface area contributed by atoms with Gasteiger partial charge < -0.3 is 14.9 Å². The molecule has 0 amide bonds. The van der Waals surface area contributed by atoms with Gasteiger partial charge in [-0.1, -0.05) is 13.8 Å². The Labute approximate surface area is 111 Å². The van der Waals surface area contributed by atoms with Crippen LogP contribution in [0.25, 0.3) is 11.5 Å². The Kier molecular flexibility index (Phi) is 4.11. The van der Waals surface area contributed by atoms with Crippen molar-refractivity contribution in [2.75, 3.05) is 6.54 Å². The van der Waals surface area contributed by atoms with E-state index >= 15 is 0 Å². The highest BCUT2D eigenvalue weighted by molar-refractivity contribution is 5.47. The largest absolute Gasteiger partial charge is 0.331 e. The molecule has 6 nitrogen and oxygen atoms in total. The van der Waals surface area contributed by atoms with Crippen molar-refractivity contribution < 1.29 is 0 Å². The summed E-state index contributed by atoms with van der Waals surface area (Å²) in [5.74, 6) is 1.12. The first-order valence-corrected chi connectivity index (χ1v) is 6.34. The molecule has 2 N–H and O–H groups in total. The summed E-state index contributed by atoms with van der Waals surface area (Å²) < 4.78 is 1.82. The van der Waals surface area contributed by atoms with Gasteiger partial charge in [-0.15, -0.1) is 0 Å². The van der Waals surface area contributed by atoms with Crippen LogP contribution in [0, 0.1) is 5.92 Å². The zero-order valence-corrected chi connectivity index (χ0v) is 11.5. The lowest BCUT2D eigenvalue weighted by Crippen LogP contribution is -2.21. The molecule has 0 aromatic carbocycles. The predicted octanol–water partition coefficient (Wildman–Crippen LogP) is 0.916. The molecule has 0 saturated carbocycles. The monoisotopic (exact) mass is 261 g/mol. The summed E-state index contributed by atoms with van der Waals surface area (Å²) >= 11 is 0. The Balaban J connectivity index is 2.21. The Morgan fingerprint density at radius 3 is 2.89 bits per heavy atom. The van der Waals surface area contributed by atoms with E-state index in [1.54, 1.807) is 12.5 Å². The Hall–Kier alpha value is -1.95. The average molecular weight is 261 g/mol. The number of imidazole rings is 1. The SMILES string of the molecule is CC(C)CNCc1cc(=O)[nH]c(-c2cncn2C)n1. The molecule has 0 atom stereocenters. The highest BCUT2D eigenvalue weighted by Gasteiger charge is 2.07. The summed E-state index contributed by atoms with van der Waals surface area (Å²) in [5, 5.41) is 3.28. The number of aromatic nitrogens is 4. The minimum atomic E-state index is -0.146. The molecule has 0 saturated heterocycles. The van der Waals surface area contributed by atoms with E-state index in [1.165, 1.54) is 6.07 Å². The standard InChI is InChI=1S/C13H19N5O/c1-9(2)5-14-6-10-4-12(19)17-13(16-10)11-7-15-8-18(11)3/h4,7-9,14H,5-6H2,1-3H3,(H,16,17,19). The number of aryl methyl sites for hydroxylation is 1. The number of hydrogen-bond donors (Lipinski definition) is 2. The van der Waals surface area contributed by atoms with Crippen molar-refractivity contribution in [3.63, 3.8) is 0 Å². The van der Waals surface area contributed by atoms with Crippen LogP contribution < -0.4 is 10.9 Å². The van der Waals surface area contributed by atoms with Crippen LogP contribution in [0.1, 0.15) is 19.5 Å². The number of rotatable bonds is 5. The minimum absolute atomic E-state index is 0.146. The number of aromatic amines is 1. The molecule has 2 heterocycles. The van der Waals surface area contributed by atoms with Gasteiger partial charge in [-0.05, 0) is 12.5 Å². The summed E-state index contributed by atoms with van der Waals surface area (Å²) in [4.78, 5) is 22.9. The second-order valence-electron chi connectivity index (χ2n) is 5.00. The van der Waals surface area contributed by atoms with Crippen molar-refractivity contribution in [1.29, 1.82) is 0 Å². The van der Waals surface area contributed by atoms with Crippen molar-refractivity contribution in [2.45, 2.75) is 20.4 Å². The molecule has 2 rings (SSSR count). The van der Waals surface area contributed by atoms with Gasteiger partial charge in [0, 0.05) is 19.7 Å². The maximum Gasteiger partial charge on any atom is 0.251 e. The van der Waals surface area contributed by atoms with Crippen LogP contribution >= 0.6 is 0 Å². The highest BCUT2D eigenvalue weighted by atomic mass is 16.1. The first-order valence-electron chi connectivity index (χ1n) is 6.34. The summed E-state index contributed by atoms with van der Waals surface area (Å²) in [6, 6.07) is 1.52. The van der Waals surface area contributed by atoms with E-state index in [1.807, 2.05) is 11.6 Å². The lowest BCUT2D eigenvalue weighted by Gasteiger charge is -2.08. The van der Waals surface area contributed by atoms with Gasteiger partial charge in [-0.2, -0.15) is 0 Å². The number of nitrogens with one attached hydrogen (secondary N) is 2. The van der Waals surface area contributed by atoms with E-state index in [0.29, 0.717) is 18.3 Å². The third kappa shape index (κ3) is 3.51. The molecule has 102 valence electrons. The molecule has 2 aromatic heterocycles. The van der Waals surface area contributed by atoms with Crippen LogP contribution in [0.3, 0.4) is 0 Å².